The fourth-order valence-electron chi connectivity index (χ4n) is 4.66. The molecule has 0 aliphatic carbocycles. The second kappa shape index (κ2) is 8.40. The Morgan fingerprint density at radius 2 is 2.03 bits per heavy atom. The average molecular weight is 451 g/mol. The number of aliphatic hydroxyl groups is 1. The monoisotopic (exact) mass is 451 g/mol. The number of carbonyl (C=O) groups excluding carboxylic acids is 1. The van der Waals surface area contributed by atoms with Gasteiger partial charge in [-0.1, -0.05) is 18.2 Å². The van der Waals surface area contributed by atoms with Crippen molar-refractivity contribution in [3.05, 3.63) is 47.8 Å². The number of rotatable bonds is 4. The van der Waals surface area contributed by atoms with Crippen LogP contribution >= 0.6 is 0 Å². The van der Waals surface area contributed by atoms with Gasteiger partial charge in [-0.15, -0.1) is 0 Å². The van der Waals surface area contributed by atoms with E-state index in [1.165, 1.54) is 16.8 Å². The molecule has 4 rings (SSSR count). The standard InChI is InChI=1S/C22H28F3N5O2/c1-16(31)27(2)19-11-26-30(13-19)20(32)29-9-7-21(15-29)6-8-28(14-21)12-17-4-3-5-18(10-17)22(23,24)25/h3-5,10-11,13,16,31H,6-9,12,14-15H2,1-2H3/t16?,21-/m0/s1. The topological polar surface area (TPSA) is 64.8 Å². The van der Waals surface area contributed by atoms with Crippen molar-refractivity contribution in [2.75, 3.05) is 38.1 Å². The number of benzene rings is 1. The summed E-state index contributed by atoms with van der Waals surface area (Å²) in [6, 6.07) is 5.28. The van der Waals surface area contributed by atoms with E-state index < -0.39 is 18.0 Å². The van der Waals surface area contributed by atoms with Crippen molar-refractivity contribution in [3.8, 4) is 0 Å². The van der Waals surface area contributed by atoms with E-state index in [9.17, 15) is 23.1 Å². The molecular formula is C22H28F3N5O2. The quantitative estimate of drug-likeness (QED) is 0.723. The van der Waals surface area contributed by atoms with Crippen LogP contribution in [0.2, 0.25) is 0 Å². The van der Waals surface area contributed by atoms with Crippen molar-refractivity contribution in [3.63, 3.8) is 0 Å². The van der Waals surface area contributed by atoms with E-state index in [0.29, 0.717) is 30.9 Å². The van der Waals surface area contributed by atoms with Gasteiger partial charge in [0.25, 0.3) is 0 Å². The van der Waals surface area contributed by atoms with Gasteiger partial charge < -0.3 is 14.9 Å². The normalized spacial score (nSPS) is 22.6. The summed E-state index contributed by atoms with van der Waals surface area (Å²) in [6.45, 7) is 4.87. The maximum Gasteiger partial charge on any atom is 0.416 e. The maximum absolute atomic E-state index is 13.0. The molecule has 1 aromatic carbocycles. The number of halogens is 3. The predicted octanol–water partition coefficient (Wildman–Crippen LogP) is 3.24. The number of carbonyl (C=O) groups is 1. The lowest BCUT2D eigenvalue weighted by Crippen LogP contribution is -2.36. The second-order valence-electron chi connectivity index (χ2n) is 9.00. The first-order chi connectivity index (χ1) is 15.1. The molecule has 7 nitrogen and oxygen atoms in total. The molecule has 1 N–H and O–H groups in total. The van der Waals surface area contributed by atoms with E-state index in [-0.39, 0.29) is 11.4 Å². The van der Waals surface area contributed by atoms with Gasteiger partial charge in [0.15, 0.2) is 0 Å². The minimum absolute atomic E-state index is 0.0380. The molecule has 1 spiro atoms. The van der Waals surface area contributed by atoms with Crippen molar-refractivity contribution in [2.45, 2.75) is 38.7 Å². The van der Waals surface area contributed by atoms with Crippen molar-refractivity contribution < 1.29 is 23.1 Å². The van der Waals surface area contributed by atoms with Crippen LogP contribution in [0.1, 0.15) is 30.9 Å². The van der Waals surface area contributed by atoms with E-state index in [1.807, 2.05) is 0 Å². The molecule has 1 unspecified atom stereocenters. The lowest BCUT2D eigenvalue weighted by atomic mass is 9.86. The zero-order valence-corrected chi connectivity index (χ0v) is 18.2. The van der Waals surface area contributed by atoms with Crippen LogP contribution in [0, 0.1) is 5.41 Å². The van der Waals surface area contributed by atoms with Crippen LogP contribution in [-0.4, -0.2) is 70.2 Å². The summed E-state index contributed by atoms with van der Waals surface area (Å²) in [5, 5.41) is 13.8. The Balaban J connectivity index is 1.37. The fraction of sp³-hybridized carbons (Fsp3) is 0.545. The number of anilines is 1. The van der Waals surface area contributed by atoms with E-state index in [2.05, 4.69) is 10.00 Å². The molecule has 10 heteroatoms. The average Bonchev–Trinajstić information content (AvgIpc) is 3.47. The van der Waals surface area contributed by atoms with Gasteiger partial charge in [0.05, 0.1) is 23.6 Å². The summed E-state index contributed by atoms with van der Waals surface area (Å²) in [5.74, 6) is 0. The van der Waals surface area contributed by atoms with Gasteiger partial charge in [0, 0.05) is 38.6 Å². The minimum Gasteiger partial charge on any atom is -0.374 e. The zero-order valence-electron chi connectivity index (χ0n) is 18.2. The van der Waals surface area contributed by atoms with Gasteiger partial charge >= 0.3 is 12.2 Å². The highest BCUT2D eigenvalue weighted by Crippen LogP contribution is 2.40. The highest BCUT2D eigenvalue weighted by molar-refractivity contribution is 5.77. The molecule has 3 heterocycles. The van der Waals surface area contributed by atoms with E-state index >= 15 is 0 Å². The van der Waals surface area contributed by atoms with Crippen molar-refractivity contribution in [1.82, 2.24) is 19.6 Å². The van der Waals surface area contributed by atoms with E-state index in [1.54, 1.807) is 42.2 Å². The summed E-state index contributed by atoms with van der Waals surface area (Å²) in [7, 11) is 1.72. The minimum atomic E-state index is -4.34. The van der Waals surface area contributed by atoms with Crippen molar-refractivity contribution in [2.24, 2.45) is 5.41 Å². The first-order valence-corrected chi connectivity index (χ1v) is 10.7. The lowest BCUT2D eigenvalue weighted by Gasteiger charge is -2.25. The van der Waals surface area contributed by atoms with E-state index in [0.717, 1.165) is 32.0 Å². The van der Waals surface area contributed by atoms with Crippen LogP contribution in [0.5, 0.6) is 0 Å². The van der Waals surface area contributed by atoms with Gasteiger partial charge in [-0.25, -0.2) is 4.79 Å². The molecule has 2 aromatic rings. The fourth-order valence-corrected chi connectivity index (χ4v) is 4.66. The molecule has 2 saturated heterocycles. The van der Waals surface area contributed by atoms with Crippen LogP contribution in [0.4, 0.5) is 23.7 Å². The Bertz CT molecular complexity index is 976. The number of hydrogen-bond acceptors (Lipinski definition) is 5. The lowest BCUT2D eigenvalue weighted by molar-refractivity contribution is -0.137. The first-order valence-electron chi connectivity index (χ1n) is 10.7. The summed E-state index contributed by atoms with van der Waals surface area (Å²) >= 11 is 0. The predicted molar refractivity (Wildman–Crippen MR) is 113 cm³/mol. The summed E-state index contributed by atoms with van der Waals surface area (Å²) < 4.78 is 40.3. The largest absolute Gasteiger partial charge is 0.416 e. The number of aliphatic hydroxyl groups excluding tert-OH is 1. The van der Waals surface area contributed by atoms with Crippen LogP contribution < -0.4 is 4.90 Å². The maximum atomic E-state index is 13.0. The van der Waals surface area contributed by atoms with Gasteiger partial charge in [0.1, 0.15) is 6.23 Å². The molecule has 0 bridgehead atoms. The number of nitrogens with zero attached hydrogens (tertiary/aromatic N) is 5. The van der Waals surface area contributed by atoms with Crippen molar-refractivity contribution >= 4 is 11.7 Å². The molecule has 0 saturated carbocycles. The van der Waals surface area contributed by atoms with Crippen LogP contribution in [0.25, 0.3) is 0 Å². The summed E-state index contributed by atoms with van der Waals surface area (Å²) in [5.41, 5.74) is 0.634. The molecule has 2 aliphatic rings. The van der Waals surface area contributed by atoms with Crippen LogP contribution in [0.15, 0.2) is 36.7 Å². The summed E-state index contributed by atoms with van der Waals surface area (Å²) in [6.07, 6.45) is -0.119. The molecule has 2 aliphatic heterocycles. The number of alkyl halides is 3. The Morgan fingerprint density at radius 3 is 2.75 bits per heavy atom. The molecule has 1 amide bonds. The number of hydrogen-bond donors (Lipinski definition) is 1. The molecule has 174 valence electrons. The van der Waals surface area contributed by atoms with Gasteiger partial charge in [-0.3, -0.25) is 4.90 Å². The molecule has 0 radical (unpaired) electrons. The Hall–Kier alpha value is -2.59. The van der Waals surface area contributed by atoms with Crippen molar-refractivity contribution in [1.29, 1.82) is 0 Å². The highest BCUT2D eigenvalue weighted by atomic mass is 19.4. The van der Waals surface area contributed by atoms with Gasteiger partial charge in [-0.05, 0) is 37.9 Å². The molecule has 32 heavy (non-hydrogen) atoms. The highest BCUT2D eigenvalue weighted by Gasteiger charge is 2.45. The molecule has 1 aromatic heterocycles. The van der Waals surface area contributed by atoms with Crippen LogP contribution in [-0.2, 0) is 12.7 Å². The van der Waals surface area contributed by atoms with Gasteiger partial charge in [0.2, 0.25) is 0 Å². The third-order valence-electron chi connectivity index (χ3n) is 6.62. The summed E-state index contributed by atoms with van der Waals surface area (Å²) in [4.78, 5) is 18.5. The Labute approximate surface area is 185 Å². The smallest absolute Gasteiger partial charge is 0.374 e. The first kappa shape index (κ1) is 22.6. The molecular weight excluding hydrogens is 423 g/mol. The second-order valence-corrected chi connectivity index (χ2v) is 9.00. The zero-order chi connectivity index (χ0) is 23.1. The Morgan fingerprint density at radius 1 is 1.28 bits per heavy atom. The van der Waals surface area contributed by atoms with Crippen LogP contribution in [0.3, 0.4) is 0 Å². The number of aromatic nitrogens is 2. The number of amides is 1. The third-order valence-corrected chi connectivity index (χ3v) is 6.62. The molecule has 2 fully saturated rings. The Kier molecular flexibility index (Phi) is 5.93. The number of likely N-dealkylation sites (tertiary alicyclic amines) is 2. The SMILES string of the molecule is CC(O)N(C)c1cnn(C(=O)N2CC[C@]3(CCN(Cc4cccc(C(F)(F)F)c4)C3)C2)c1. The third kappa shape index (κ3) is 4.61. The molecule has 2 atom stereocenters. The van der Waals surface area contributed by atoms with Gasteiger partial charge in [-0.2, -0.15) is 23.0 Å². The van der Waals surface area contributed by atoms with E-state index in [4.69, 9.17) is 0 Å².